The van der Waals surface area contributed by atoms with E-state index in [-0.39, 0.29) is 11.6 Å². The number of β-amino-alcohol motifs (C(OH)–C–C–N with tert-alkyl or cyclic N) is 1. The predicted octanol–water partition coefficient (Wildman–Crippen LogP) is 1.39. The molecular formula is C9H21NO. The van der Waals surface area contributed by atoms with E-state index >= 15 is 0 Å². The first-order chi connectivity index (χ1) is 4.83. The van der Waals surface area contributed by atoms with Gasteiger partial charge in [0.15, 0.2) is 0 Å². The van der Waals surface area contributed by atoms with Crippen molar-refractivity contribution in [1.29, 1.82) is 0 Å². The van der Waals surface area contributed by atoms with E-state index in [1.165, 1.54) is 0 Å². The molecule has 0 rings (SSSR count). The number of rotatable bonds is 3. The lowest BCUT2D eigenvalue weighted by Crippen LogP contribution is -2.42. The van der Waals surface area contributed by atoms with E-state index in [9.17, 15) is 5.11 Å². The van der Waals surface area contributed by atoms with Gasteiger partial charge in [-0.2, -0.15) is 0 Å². The molecular weight excluding hydrogens is 138 g/mol. The van der Waals surface area contributed by atoms with Crippen LogP contribution in [-0.2, 0) is 0 Å². The second-order valence-corrected chi connectivity index (χ2v) is 4.44. The van der Waals surface area contributed by atoms with E-state index in [1.54, 1.807) is 0 Å². The third kappa shape index (κ3) is 6.32. The van der Waals surface area contributed by atoms with Crippen molar-refractivity contribution >= 4 is 0 Å². The summed E-state index contributed by atoms with van der Waals surface area (Å²) < 4.78 is 0. The van der Waals surface area contributed by atoms with E-state index in [1.807, 2.05) is 13.8 Å². The van der Waals surface area contributed by atoms with Gasteiger partial charge in [-0.3, -0.25) is 0 Å². The topological polar surface area (TPSA) is 32.3 Å². The monoisotopic (exact) mass is 159 g/mol. The highest BCUT2D eigenvalue weighted by Crippen LogP contribution is 2.03. The third-order valence-corrected chi connectivity index (χ3v) is 1.61. The largest absolute Gasteiger partial charge is 0.392 e. The fourth-order valence-electron chi connectivity index (χ4n) is 0.646. The Kier molecular flexibility index (Phi) is 4.04. The molecule has 0 aliphatic rings. The Bertz CT molecular complexity index is 105. The maximum absolute atomic E-state index is 9.43. The molecule has 0 spiro atoms. The van der Waals surface area contributed by atoms with E-state index in [2.05, 4.69) is 26.1 Å². The molecule has 0 saturated heterocycles. The molecule has 0 aromatic carbocycles. The Morgan fingerprint density at radius 2 is 1.73 bits per heavy atom. The van der Waals surface area contributed by atoms with Crippen LogP contribution in [0.5, 0.6) is 0 Å². The third-order valence-electron chi connectivity index (χ3n) is 1.61. The molecule has 2 heteroatoms. The van der Waals surface area contributed by atoms with Crippen molar-refractivity contribution in [2.45, 2.75) is 46.3 Å². The van der Waals surface area contributed by atoms with Gasteiger partial charge in [-0.1, -0.05) is 13.8 Å². The van der Waals surface area contributed by atoms with Crippen molar-refractivity contribution in [3.05, 3.63) is 0 Å². The number of aliphatic hydroxyl groups excluding tert-OH is 1. The van der Waals surface area contributed by atoms with Crippen LogP contribution in [0.3, 0.4) is 0 Å². The maximum atomic E-state index is 9.43. The Labute approximate surface area is 70.0 Å². The molecule has 0 bridgehead atoms. The number of nitrogens with one attached hydrogen (secondary N) is 1. The SMILES string of the molecule is CC(C)C(O)CNC(C)(C)C. The quantitative estimate of drug-likeness (QED) is 0.652. The van der Waals surface area contributed by atoms with Crippen molar-refractivity contribution in [2.24, 2.45) is 5.92 Å². The summed E-state index contributed by atoms with van der Waals surface area (Å²) in [5.41, 5.74) is 0.107. The molecule has 11 heavy (non-hydrogen) atoms. The van der Waals surface area contributed by atoms with Crippen LogP contribution in [0.2, 0.25) is 0 Å². The fraction of sp³-hybridized carbons (Fsp3) is 1.00. The molecule has 1 atom stereocenters. The van der Waals surface area contributed by atoms with Gasteiger partial charge < -0.3 is 10.4 Å². The summed E-state index contributed by atoms with van der Waals surface area (Å²) in [7, 11) is 0. The van der Waals surface area contributed by atoms with Crippen LogP contribution in [0.4, 0.5) is 0 Å². The summed E-state index contributed by atoms with van der Waals surface area (Å²) in [5, 5.41) is 12.7. The number of hydrogen-bond acceptors (Lipinski definition) is 2. The summed E-state index contributed by atoms with van der Waals surface area (Å²) in [4.78, 5) is 0. The molecule has 0 fully saturated rings. The first-order valence-electron chi connectivity index (χ1n) is 4.26. The lowest BCUT2D eigenvalue weighted by molar-refractivity contribution is 0.115. The molecule has 2 nitrogen and oxygen atoms in total. The van der Waals surface area contributed by atoms with Crippen molar-refractivity contribution in [2.75, 3.05) is 6.54 Å². The van der Waals surface area contributed by atoms with Crippen LogP contribution < -0.4 is 5.32 Å². The van der Waals surface area contributed by atoms with Crippen LogP contribution >= 0.6 is 0 Å². The minimum Gasteiger partial charge on any atom is -0.392 e. The molecule has 1 unspecified atom stereocenters. The van der Waals surface area contributed by atoms with Gasteiger partial charge in [0.25, 0.3) is 0 Å². The summed E-state index contributed by atoms with van der Waals surface area (Å²) in [6.07, 6.45) is -0.228. The summed E-state index contributed by atoms with van der Waals surface area (Å²) in [6, 6.07) is 0. The molecule has 0 amide bonds. The molecule has 0 aromatic rings. The first kappa shape index (κ1) is 10.9. The molecule has 0 heterocycles. The van der Waals surface area contributed by atoms with Gasteiger partial charge in [0.2, 0.25) is 0 Å². The van der Waals surface area contributed by atoms with Crippen molar-refractivity contribution < 1.29 is 5.11 Å². The Balaban J connectivity index is 3.54. The molecule has 2 N–H and O–H groups in total. The molecule has 0 radical (unpaired) electrons. The van der Waals surface area contributed by atoms with E-state index < -0.39 is 0 Å². The second kappa shape index (κ2) is 4.07. The van der Waals surface area contributed by atoms with Gasteiger partial charge in [0.1, 0.15) is 0 Å². The van der Waals surface area contributed by atoms with Gasteiger partial charge in [-0.05, 0) is 26.7 Å². The van der Waals surface area contributed by atoms with Crippen LogP contribution in [0.15, 0.2) is 0 Å². The van der Waals surface area contributed by atoms with Gasteiger partial charge in [-0.25, -0.2) is 0 Å². The van der Waals surface area contributed by atoms with Gasteiger partial charge in [-0.15, -0.1) is 0 Å². The highest BCUT2D eigenvalue weighted by Gasteiger charge is 2.13. The zero-order valence-electron chi connectivity index (χ0n) is 8.31. The van der Waals surface area contributed by atoms with Crippen LogP contribution in [0.1, 0.15) is 34.6 Å². The standard InChI is InChI=1S/C9H21NO/c1-7(2)8(11)6-10-9(3,4)5/h7-8,10-11H,6H2,1-5H3. The minimum absolute atomic E-state index is 0.107. The van der Waals surface area contributed by atoms with Crippen LogP contribution in [-0.4, -0.2) is 23.3 Å². The fourth-order valence-corrected chi connectivity index (χ4v) is 0.646. The molecule has 68 valence electrons. The van der Waals surface area contributed by atoms with Gasteiger partial charge in [0.05, 0.1) is 6.10 Å². The Morgan fingerprint density at radius 1 is 1.27 bits per heavy atom. The summed E-state index contributed by atoms with van der Waals surface area (Å²) in [6.45, 7) is 11.0. The lowest BCUT2D eigenvalue weighted by Gasteiger charge is -2.24. The second-order valence-electron chi connectivity index (χ2n) is 4.44. The number of aliphatic hydroxyl groups is 1. The average molecular weight is 159 g/mol. The zero-order valence-corrected chi connectivity index (χ0v) is 8.31. The van der Waals surface area contributed by atoms with E-state index in [4.69, 9.17) is 0 Å². The normalized spacial score (nSPS) is 15.5. The minimum atomic E-state index is -0.228. The van der Waals surface area contributed by atoms with Crippen LogP contribution in [0.25, 0.3) is 0 Å². The zero-order chi connectivity index (χ0) is 9.07. The maximum Gasteiger partial charge on any atom is 0.0687 e. The highest BCUT2D eigenvalue weighted by atomic mass is 16.3. The van der Waals surface area contributed by atoms with E-state index in [0.29, 0.717) is 12.5 Å². The highest BCUT2D eigenvalue weighted by molar-refractivity contribution is 4.73. The van der Waals surface area contributed by atoms with Crippen molar-refractivity contribution in [1.82, 2.24) is 5.32 Å². The lowest BCUT2D eigenvalue weighted by atomic mass is 10.0. The van der Waals surface area contributed by atoms with Crippen LogP contribution in [0, 0.1) is 5.92 Å². The van der Waals surface area contributed by atoms with E-state index in [0.717, 1.165) is 0 Å². The first-order valence-corrected chi connectivity index (χ1v) is 4.26. The molecule has 0 saturated carbocycles. The smallest absolute Gasteiger partial charge is 0.0687 e. The van der Waals surface area contributed by atoms with Crippen molar-refractivity contribution in [3.8, 4) is 0 Å². The molecule has 0 aliphatic heterocycles. The number of hydrogen-bond donors (Lipinski definition) is 2. The molecule has 0 aromatic heterocycles. The summed E-state index contributed by atoms with van der Waals surface area (Å²) in [5.74, 6) is 0.338. The van der Waals surface area contributed by atoms with Crippen molar-refractivity contribution in [3.63, 3.8) is 0 Å². The van der Waals surface area contributed by atoms with Gasteiger partial charge >= 0.3 is 0 Å². The van der Waals surface area contributed by atoms with Gasteiger partial charge in [0, 0.05) is 12.1 Å². The summed E-state index contributed by atoms with van der Waals surface area (Å²) >= 11 is 0. The molecule has 0 aliphatic carbocycles. The average Bonchev–Trinajstić information content (AvgIpc) is 1.80. The Hall–Kier alpha value is -0.0800. The Morgan fingerprint density at radius 3 is 2.00 bits per heavy atom. The predicted molar refractivity (Wildman–Crippen MR) is 48.6 cm³/mol.